The molecule has 5 heteroatoms. The van der Waals surface area contributed by atoms with Crippen LogP contribution in [-0.4, -0.2) is 21.0 Å². The summed E-state index contributed by atoms with van der Waals surface area (Å²) in [7, 11) is 0. The molecule has 1 aliphatic carbocycles. The first kappa shape index (κ1) is 11.8. The first-order valence-corrected chi connectivity index (χ1v) is 6.19. The highest BCUT2D eigenvalue weighted by molar-refractivity contribution is 5.70. The first-order chi connectivity index (χ1) is 9.09. The van der Waals surface area contributed by atoms with Crippen LogP contribution in [0.3, 0.4) is 0 Å². The van der Waals surface area contributed by atoms with E-state index in [1.165, 1.54) is 0 Å². The van der Waals surface area contributed by atoms with E-state index >= 15 is 0 Å². The third-order valence-corrected chi connectivity index (χ3v) is 3.72. The van der Waals surface area contributed by atoms with Crippen LogP contribution in [0, 0.1) is 0 Å². The molecule has 0 amide bonds. The smallest absolute Gasteiger partial charge is 0.323 e. The molecule has 1 heterocycles. The number of carboxylic acids is 1. The summed E-state index contributed by atoms with van der Waals surface area (Å²) in [4.78, 5) is 27.3. The average Bonchev–Trinajstić information content (AvgIpc) is 3.02. The Morgan fingerprint density at radius 3 is 2.74 bits per heavy atom. The van der Waals surface area contributed by atoms with E-state index in [2.05, 4.69) is 9.97 Å². The number of hydrogen-bond donors (Lipinski definition) is 3. The molecule has 3 N–H and O–H groups in total. The van der Waals surface area contributed by atoms with Crippen LogP contribution in [0.15, 0.2) is 35.3 Å². The molecule has 0 spiro atoms. The van der Waals surface area contributed by atoms with Crippen molar-refractivity contribution in [2.24, 2.45) is 0 Å². The summed E-state index contributed by atoms with van der Waals surface area (Å²) in [5.74, 6) is -0.766. The van der Waals surface area contributed by atoms with E-state index in [0.29, 0.717) is 0 Å². The largest absolute Gasteiger partial charge is 0.481 e. The van der Waals surface area contributed by atoms with Crippen molar-refractivity contribution in [2.75, 3.05) is 0 Å². The van der Waals surface area contributed by atoms with Gasteiger partial charge >= 0.3 is 11.7 Å². The monoisotopic (exact) mass is 258 g/mol. The molecule has 1 aromatic heterocycles. The lowest BCUT2D eigenvalue weighted by molar-refractivity contribution is -0.137. The number of aromatic amines is 2. The molecule has 3 rings (SSSR count). The van der Waals surface area contributed by atoms with Gasteiger partial charge in [-0.05, 0) is 30.0 Å². The van der Waals surface area contributed by atoms with E-state index in [1.54, 1.807) is 6.20 Å². The highest BCUT2D eigenvalue weighted by Crippen LogP contribution is 2.51. The third-order valence-electron chi connectivity index (χ3n) is 3.72. The Bertz CT molecular complexity index is 680. The molecule has 19 heavy (non-hydrogen) atoms. The van der Waals surface area contributed by atoms with Crippen molar-refractivity contribution in [3.63, 3.8) is 0 Å². The molecule has 1 aromatic carbocycles. The summed E-state index contributed by atoms with van der Waals surface area (Å²) < 4.78 is 0. The maximum atomic E-state index is 11.1. The molecular formula is C14H14N2O3. The minimum atomic E-state index is -0.766. The quantitative estimate of drug-likeness (QED) is 0.782. The molecule has 0 bridgehead atoms. The van der Waals surface area contributed by atoms with Gasteiger partial charge in [0.2, 0.25) is 0 Å². The van der Waals surface area contributed by atoms with Gasteiger partial charge in [-0.25, -0.2) is 4.79 Å². The van der Waals surface area contributed by atoms with Crippen LogP contribution < -0.4 is 5.69 Å². The number of carboxylic acid groups (broad SMARTS) is 1. The summed E-state index contributed by atoms with van der Waals surface area (Å²) in [6.07, 6.45) is 3.61. The Kier molecular flexibility index (Phi) is 2.55. The predicted molar refractivity (Wildman–Crippen MR) is 70.0 cm³/mol. The number of aliphatic carboxylic acids is 1. The highest BCUT2D eigenvalue weighted by atomic mass is 16.4. The number of imidazole rings is 1. The number of H-pyrrole nitrogens is 2. The van der Waals surface area contributed by atoms with Crippen molar-refractivity contribution in [3.8, 4) is 11.3 Å². The van der Waals surface area contributed by atoms with Crippen molar-refractivity contribution < 1.29 is 9.90 Å². The fourth-order valence-electron chi connectivity index (χ4n) is 2.51. The van der Waals surface area contributed by atoms with E-state index in [1.807, 2.05) is 24.3 Å². The normalized spacial score (nSPS) is 16.2. The zero-order chi connectivity index (χ0) is 13.5. The van der Waals surface area contributed by atoms with Gasteiger partial charge in [-0.3, -0.25) is 4.79 Å². The molecule has 5 nitrogen and oxygen atoms in total. The minimum absolute atomic E-state index is 0.167. The van der Waals surface area contributed by atoms with Gasteiger partial charge in [-0.15, -0.1) is 0 Å². The van der Waals surface area contributed by atoms with Crippen molar-refractivity contribution in [1.82, 2.24) is 9.97 Å². The maximum Gasteiger partial charge on any atom is 0.323 e. The van der Waals surface area contributed by atoms with Gasteiger partial charge < -0.3 is 15.1 Å². The summed E-state index contributed by atoms with van der Waals surface area (Å²) in [5.41, 5.74) is 2.20. The van der Waals surface area contributed by atoms with Crippen molar-refractivity contribution in [2.45, 2.75) is 24.7 Å². The molecule has 1 fully saturated rings. The Balaban J connectivity index is 1.97. The van der Waals surface area contributed by atoms with Crippen LogP contribution >= 0.6 is 0 Å². The lowest BCUT2D eigenvalue weighted by atomic mass is 9.91. The molecule has 0 atom stereocenters. The van der Waals surface area contributed by atoms with E-state index < -0.39 is 5.97 Å². The van der Waals surface area contributed by atoms with Crippen LogP contribution in [0.1, 0.15) is 24.8 Å². The molecule has 0 saturated heterocycles. The van der Waals surface area contributed by atoms with E-state index in [4.69, 9.17) is 5.11 Å². The fourth-order valence-corrected chi connectivity index (χ4v) is 2.51. The van der Waals surface area contributed by atoms with Crippen molar-refractivity contribution in [1.29, 1.82) is 0 Å². The molecular weight excluding hydrogens is 244 g/mol. The van der Waals surface area contributed by atoms with Crippen LogP contribution in [0.25, 0.3) is 11.3 Å². The summed E-state index contributed by atoms with van der Waals surface area (Å²) in [6.45, 7) is 0. The number of carbonyl (C=O) groups is 1. The van der Waals surface area contributed by atoms with Crippen molar-refractivity contribution >= 4 is 5.97 Å². The Labute approximate surface area is 109 Å². The SMILES string of the molecule is O=C(O)CC1(c2cccc(-c3c[nH]c(=O)[nH]3)c2)CC1. The number of nitrogens with one attached hydrogen (secondary N) is 2. The van der Waals surface area contributed by atoms with Gasteiger partial charge in [0.1, 0.15) is 0 Å². The van der Waals surface area contributed by atoms with Gasteiger partial charge in [-0.2, -0.15) is 0 Å². The van der Waals surface area contributed by atoms with Crippen LogP contribution in [0.4, 0.5) is 0 Å². The predicted octanol–water partition coefficient (Wildman–Crippen LogP) is 1.88. The molecule has 2 aromatic rings. The van der Waals surface area contributed by atoms with Crippen LogP contribution in [-0.2, 0) is 10.2 Å². The molecule has 0 unspecified atom stereocenters. The second-order valence-electron chi connectivity index (χ2n) is 5.09. The van der Waals surface area contributed by atoms with E-state index in [-0.39, 0.29) is 17.5 Å². The maximum absolute atomic E-state index is 11.1. The van der Waals surface area contributed by atoms with Crippen LogP contribution in [0.5, 0.6) is 0 Å². The topological polar surface area (TPSA) is 85.9 Å². The van der Waals surface area contributed by atoms with Crippen LogP contribution in [0.2, 0.25) is 0 Å². The van der Waals surface area contributed by atoms with Gasteiger partial charge in [0.15, 0.2) is 0 Å². The summed E-state index contributed by atoms with van der Waals surface area (Å²) in [6, 6.07) is 7.73. The lowest BCUT2D eigenvalue weighted by Gasteiger charge is -2.13. The number of aromatic nitrogens is 2. The second kappa shape index (κ2) is 4.12. The standard InChI is InChI=1S/C14H14N2O3/c17-12(18)7-14(4-5-14)10-3-1-2-9(6-10)11-8-15-13(19)16-11/h1-3,6,8H,4-5,7H2,(H,17,18)(H2,15,16,19). The van der Waals surface area contributed by atoms with E-state index in [9.17, 15) is 9.59 Å². The Morgan fingerprint density at radius 1 is 1.37 bits per heavy atom. The fraction of sp³-hybridized carbons (Fsp3) is 0.286. The summed E-state index contributed by atoms with van der Waals surface area (Å²) in [5, 5.41) is 8.99. The zero-order valence-electron chi connectivity index (χ0n) is 10.3. The molecule has 0 radical (unpaired) electrons. The number of benzene rings is 1. The molecule has 1 aliphatic rings. The zero-order valence-corrected chi connectivity index (χ0v) is 10.3. The van der Waals surface area contributed by atoms with Crippen molar-refractivity contribution in [3.05, 3.63) is 46.5 Å². The third kappa shape index (κ3) is 2.19. The Morgan fingerprint density at radius 2 is 2.16 bits per heavy atom. The number of rotatable bonds is 4. The highest BCUT2D eigenvalue weighted by Gasteiger charge is 2.45. The lowest BCUT2D eigenvalue weighted by Crippen LogP contribution is -2.12. The summed E-state index contributed by atoms with van der Waals surface area (Å²) >= 11 is 0. The minimum Gasteiger partial charge on any atom is -0.481 e. The van der Waals surface area contributed by atoms with E-state index in [0.717, 1.165) is 29.7 Å². The van der Waals surface area contributed by atoms with Gasteiger partial charge in [0.05, 0.1) is 12.1 Å². The Hall–Kier alpha value is -2.30. The first-order valence-electron chi connectivity index (χ1n) is 6.19. The molecule has 1 saturated carbocycles. The molecule has 0 aliphatic heterocycles. The number of hydrogen-bond acceptors (Lipinski definition) is 2. The van der Waals surface area contributed by atoms with Gasteiger partial charge in [-0.1, -0.05) is 18.2 Å². The average molecular weight is 258 g/mol. The second-order valence-corrected chi connectivity index (χ2v) is 5.09. The van der Waals surface area contributed by atoms with Gasteiger partial charge in [0, 0.05) is 11.6 Å². The molecule has 98 valence electrons. The van der Waals surface area contributed by atoms with Gasteiger partial charge in [0.25, 0.3) is 0 Å².